The quantitative estimate of drug-likeness (QED) is 0.544. The number of likely N-dealkylation sites (tertiary alicyclic amines) is 1. The van der Waals surface area contributed by atoms with E-state index in [1.807, 2.05) is 36.4 Å². The lowest BCUT2D eigenvalue weighted by Gasteiger charge is -2.33. The van der Waals surface area contributed by atoms with Crippen LogP contribution in [0.2, 0.25) is 0 Å². The molecule has 8 nitrogen and oxygen atoms in total. The van der Waals surface area contributed by atoms with Gasteiger partial charge in [0.2, 0.25) is 17.8 Å². The first-order chi connectivity index (χ1) is 17.6. The third-order valence-electron chi connectivity index (χ3n) is 7.63. The van der Waals surface area contributed by atoms with Crippen molar-refractivity contribution in [1.82, 2.24) is 14.9 Å². The summed E-state index contributed by atoms with van der Waals surface area (Å²) in [6.07, 6.45) is 0.215. The Labute approximate surface area is 212 Å². The van der Waals surface area contributed by atoms with Crippen LogP contribution < -0.4 is 16.4 Å². The van der Waals surface area contributed by atoms with Gasteiger partial charge in [0.1, 0.15) is 11.4 Å². The van der Waals surface area contributed by atoms with Crippen molar-refractivity contribution in [3.8, 4) is 0 Å². The molecule has 3 aliphatic rings. The highest BCUT2D eigenvalue weighted by molar-refractivity contribution is 5.85. The predicted octanol–water partition coefficient (Wildman–Crippen LogP) is 3.53. The van der Waals surface area contributed by atoms with Gasteiger partial charge in [0.05, 0.1) is 5.92 Å². The van der Waals surface area contributed by atoms with E-state index in [4.69, 9.17) is 5.73 Å². The van der Waals surface area contributed by atoms with Crippen molar-refractivity contribution in [1.29, 1.82) is 0 Å². The maximum absolute atomic E-state index is 13.9. The number of nitrogens with one attached hydrogen (secondary N) is 2. The van der Waals surface area contributed by atoms with Gasteiger partial charge in [0.25, 0.3) is 0 Å². The topological polar surface area (TPSA) is 113 Å². The molecule has 4 N–H and O–H groups in total. The van der Waals surface area contributed by atoms with Gasteiger partial charge >= 0.3 is 6.18 Å². The van der Waals surface area contributed by atoms with E-state index in [0.717, 1.165) is 30.2 Å². The molecule has 2 aliphatic carbocycles. The minimum Gasteiger partial charge on any atom is -0.369 e. The second-order valence-corrected chi connectivity index (χ2v) is 9.99. The Bertz CT molecular complexity index is 1220. The number of piperidine rings is 1. The van der Waals surface area contributed by atoms with Gasteiger partial charge in [-0.15, -0.1) is 0 Å². The number of hydrogen-bond acceptors (Lipinski definition) is 6. The van der Waals surface area contributed by atoms with Crippen LogP contribution in [0.3, 0.4) is 0 Å². The Morgan fingerprint density at radius 2 is 1.92 bits per heavy atom. The number of anilines is 2. The van der Waals surface area contributed by atoms with E-state index in [9.17, 15) is 22.8 Å². The van der Waals surface area contributed by atoms with Gasteiger partial charge in [-0.25, -0.2) is 4.98 Å². The number of carbonyl (C=O) groups is 2. The first-order valence-electron chi connectivity index (χ1n) is 12.4. The number of amides is 2. The van der Waals surface area contributed by atoms with E-state index in [2.05, 4.69) is 20.6 Å². The minimum atomic E-state index is -4.69. The van der Waals surface area contributed by atoms with Gasteiger partial charge in [-0.05, 0) is 42.2 Å². The highest BCUT2D eigenvalue weighted by atomic mass is 19.4. The average Bonchev–Trinajstić information content (AvgIpc) is 3.43. The molecule has 0 spiro atoms. The Morgan fingerprint density at radius 3 is 2.59 bits per heavy atom. The van der Waals surface area contributed by atoms with E-state index in [-0.39, 0.29) is 35.6 Å². The number of allylic oxidation sites excluding steroid dienone is 1. The largest absolute Gasteiger partial charge is 0.421 e. The number of nitrogens with zero attached hydrogens (tertiary/aromatic N) is 3. The zero-order chi connectivity index (χ0) is 26.3. The molecular weight excluding hydrogens is 485 g/mol. The molecule has 2 bridgehead atoms. The van der Waals surface area contributed by atoms with E-state index in [1.54, 1.807) is 4.90 Å². The third-order valence-corrected chi connectivity index (χ3v) is 7.63. The molecule has 1 saturated carbocycles. The van der Waals surface area contributed by atoms with Crippen molar-refractivity contribution >= 4 is 29.2 Å². The van der Waals surface area contributed by atoms with E-state index in [0.29, 0.717) is 19.5 Å². The number of hydrogen-bond donors (Lipinski definition) is 3. The molecule has 1 aliphatic heterocycles. The fourth-order valence-corrected chi connectivity index (χ4v) is 5.95. The summed E-state index contributed by atoms with van der Waals surface area (Å²) in [6.45, 7) is 2.55. The number of halogens is 3. The molecule has 5 atom stereocenters. The summed E-state index contributed by atoms with van der Waals surface area (Å²) in [5.74, 6) is -2.01. The molecule has 37 heavy (non-hydrogen) atoms. The fraction of sp³-hybridized carbons (Fsp3) is 0.462. The van der Waals surface area contributed by atoms with Crippen molar-refractivity contribution in [2.24, 2.45) is 23.5 Å². The van der Waals surface area contributed by atoms with Gasteiger partial charge in [0.15, 0.2) is 0 Å². The molecule has 1 aromatic heterocycles. The number of fused-ring (bicyclic) bond motifs is 2. The lowest BCUT2D eigenvalue weighted by Crippen LogP contribution is -2.44. The first kappa shape index (κ1) is 25.0. The molecule has 1 aromatic carbocycles. The Kier molecular flexibility index (Phi) is 6.55. The van der Waals surface area contributed by atoms with Crippen LogP contribution in [0.5, 0.6) is 0 Å². The zero-order valence-corrected chi connectivity index (χ0v) is 20.3. The van der Waals surface area contributed by atoms with Gasteiger partial charge < -0.3 is 21.3 Å². The summed E-state index contributed by atoms with van der Waals surface area (Å²) in [5, 5.41) is 6.01. The van der Waals surface area contributed by atoms with Crippen LogP contribution in [-0.2, 0) is 15.8 Å². The number of alkyl halides is 3. The molecule has 11 heteroatoms. The maximum Gasteiger partial charge on any atom is 0.421 e. The maximum atomic E-state index is 13.9. The molecule has 0 unspecified atom stereocenters. The number of aromatic nitrogens is 2. The summed E-state index contributed by atoms with van der Waals surface area (Å²) in [7, 11) is 0. The lowest BCUT2D eigenvalue weighted by molar-refractivity contribution is -0.137. The van der Waals surface area contributed by atoms with Crippen LogP contribution >= 0.6 is 0 Å². The van der Waals surface area contributed by atoms with E-state index in [1.165, 1.54) is 6.92 Å². The number of benzene rings is 1. The molecule has 5 rings (SSSR count). The molecule has 0 radical (unpaired) electrons. The van der Waals surface area contributed by atoms with E-state index < -0.39 is 29.6 Å². The van der Waals surface area contributed by atoms with Crippen LogP contribution in [0.15, 0.2) is 42.6 Å². The van der Waals surface area contributed by atoms with Gasteiger partial charge in [-0.3, -0.25) is 9.59 Å². The number of primary amides is 1. The smallest absolute Gasteiger partial charge is 0.369 e. The Balaban J connectivity index is 1.42. The summed E-state index contributed by atoms with van der Waals surface area (Å²) in [5.41, 5.74) is 6.75. The molecule has 196 valence electrons. The molecule has 1 saturated heterocycles. The Hall–Kier alpha value is -3.63. The standard InChI is InChI=1S/C26H29F3N6O2/c1-14(36)35-9-5-8-17(13-35)32-25-31-12-20(26(27,28)29)24(34-25)33-22-16-10-18(15-6-3-2-4-7-15)19(11-16)21(22)23(30)37/h2-4,6-7,10,12,16-17,19,21-22H,5,8-9,11,13H2,1H3,(H2,30,37)(H2,31,32,33,34)/t16-,17+,19-,21-,22+/m1/s1. The normalized spacial score (nSPS) is 27.1. The van der Waals surface area contributed by atoms with Crippen molar-refractivity contribution in [3.63, 3.8) is 0 Å². The summed E-state index contributed by atoms with van der Waals surface area (Å²) < 4.78 is 41.7. The molecule has 2 aromatic rings. The minimum absolute atomic E-state index is 0.0326. The van der Waals surface area contributed by atoms with Crippen LogP contribution in [-0.4, -0.2) is 51.9 Å². The van der Waals surface area contributed by atoms with Crippen molar-refractivity contribution < 1.29 is 22.8 Å². The van der Waals surface area contributed by atoms with Crippen LogP contribution in [0.1, 0.15) is 37.3 Å². The summed E-state index contributed by atoms with van der Waals surface area (Å²) in [6, 6.07) is 8.82. The van der Waals surface area contributed by atoms with Crippen molar-refractivity contribution in [3.05, 3.63) is 53.7 Å². The van der Waals surface area contributed by atoms with Crippen LogP contribution in [0.25, 0.3) is 5.57 Å². The van der Waals surface area contributed by atoms with Crippen LogP contribution in [0.4, 0.5) is 24.9 Å². The van der Waals surface area contributed by atoms with E-state index >= 15 is 0 Å². The molecular formula is C26H29F3N6O2. The zero-order valence-electron chi connectivity index (χ0n) is 20.3. The molecule has 2 heterocycles. The lowest BCUT2D eigenvalue weighted by atomic mass is 9.80. The van der Waals surface area contributed by atoms with Gasteiger partial charge in [-0.1, -0.05) is 36.4 Å². The number of nitrogens with two attached hydrogens (primary N) is 1. The second-order valence-electron chi connectivity index (χ2n) is 9.99. The second kappa shape index (κ2) is 9.68. The summed E-state index contributed by atoms with van der Waals surface area (Å²) >= 11 is 0. The first-order valence-corrected chi connectivity index (χ1v) is 12.4. The molecule has 2 amide bonds. The SMILES string of the molecule is CC(=O)N1CCC[C@H](Nc2ncc(C(F)(F)F)c(N[C@@H]3[C@H](C(N)=O)[C@@H]4C[C@H]3C=C4c3ccccc3)n2)C1. The summed E-state index contributed by atoms with van der Waals surface area (Å²) in [4.78, 5) is 34.1. The van der Waals surface area contributed by atoms with Crippen molar-refractivity contribution in [2.45, 2.75) is 44.4 Å². The third kappa shape index (κ3) is 4.99. The number of rotatable bonds is 6. The fourth-order valence-electron chi connectivity index (χ4n) is 5.95. The van der Waals surface area contributed by atoms with Gasteiger partial charge in [0, 0.05) is 38.3 Å². The average molecular weight is 515 g/mol. The van der Waals surface area contributed by atoms with Crippen LogP contribution in [0, 0.1) is 17.8 Å². The number of carbonyl (C=O) groups excluding carboxylic acids is 2. The molecule has 2 fully saturated rings. The highest BCUT2D eigenvalue weighted by Crippen LogP contribution is 2.52. The predicted molar refractivity (Wildman–Crippen MR) is 132 cm³/mol. The highest BCUT2D eigenvalue weighted by Gasteiger charge is 2.52. The van der Waals surface area contributed by atoms with Crippen molar-refractivity contribution in [2.75, 3.05) is 23.7 Å². The Morgan fingerprint density at radius 1 is 1.16 bits per heavy atom. The van der Waals surface area contributed by atoms with Gasteiger partial charge in [-0.2, -0.15) is 18.2 Å². The monoisotopic (exact) mass is 514 g/mol.